The number of hydrogen-bond acceptors (Lipinski definition) is 3. The van der Waals surface area contributed by atoms with Crippen LogP contribution in [0.5, 0.6) is 5.75 Å². The van der Waals surface area contributed by atoms with Crippen molar-refractivity contribution in [2.45, 2.75) is 32.8 Å². The maximum absolute atomic E-state index is 11.9. The summed E-state index contributed by atoms with van der Waals surface area (Å²) in [6.45, 7) is 9.96. The number of hydrogen-bond donors (Lipinski definition) is 1. The second kappa shape index (κ2) is 10.8. The highest BCUT2D eigenvalue weighted by atomic mass is 35.5. The summed E-state index contributed by atoms with van der Waals surface area (Å²) in [5.41, 5.74) is 2.74. The molecule has 3 rings (SSSR count). The van der Waals surface area contributed by atoms with E-state index < -0.39 is 5.60 Å². The first-order valence-corrected chi connectivity index (χ1v) is 11.3. The molecule has 0 spiro atoms. The lowest BCUT2D eigenvalue weighted by Crippen LogP contribution is -2.30. The summed E-state index contributed by atoms with van der Waals surface area (Å²) in [5, 5.41) is 12.5. The van der Waals surface area contributed by atoms with Gasteiger partial charge in [-0.3, -0.25) is 0 Å². The number of likely N-dealkylation sites (N-methyl/N-ethyl adjacent to an activating group) is 1. The van der Waals surface area contributed by atoms with E-state index >= 15 is 0 Å². The van der Waals surface area contributed by atoms with Crippen LogP contribution in [0.1, 0.15) is 36.1 Å². The van der Waals surface area contributed by atoms with Crippen molar-refractivity contribution < 1.29 is 9.84 Å². The van der Waals surface area contributed by atoms with E-state index in [-0.39, 0.29) is 0 Å². The fraction of sp³-hybridized carbons (Fsp3) is 0.333. The molecule has 3 nitrogen and oxygen atoms in total. The van der Waals surface area contributed by atoms with Crippen molar-refractivity contribution in [1.29, 1.82) is 0 Å². The van der Waals surface area contributed by atoms with Crippen LogP contribution in [0, 0.1) is 6.92 Å². The minimum atomic E-state index is -1.17. The van der Waals surface area contributed by atoms with Crippen molar-refractivity contribution in [3.63, 3.8) is 0 Å². The van der Waals surface area contributed by atoms with Crippen LogP contribution >= 0.6 is 11.6 Å². The normalized spacial score (nSPS) is 13.2. The van der Waals surface area contributed by atoms with Gasteiger partial charge in [0, 0.05) is 18.0 Å². The number of nitrogens with zero attached hydrogens (tertiary/aromatic N) is 1. The minimum Gasteiger partial charge on any atom is -0.492 e. The van der Waals surface area contributed by atoms with Gasteiger partial charge in [0.1, 0.15) is 18.0 Å². The molecule has 0 radical (unpaired) electrons. The molecule has 1 unspecified atom stereocenters. The van der Waals surface area contributed by atoms with Crippen LogP contribution in [0.15, 0.2) is 72.8 Å². The fourth-order valence-electron chi connectivity index (χ4n) is 3.76. The first-order valence-electron chi connectivity index (χ1n) is 10.9. The Morgan fingerprint density at radius 2 is 1.39 bits per heavy atom. The van der Waals surface area contributed by atoms with Crippen LogP contribution in [0.3, 0.4) is 0 Å². The van der Waals surface area contributed by atoms with Gasteiger partial charge in [-0.2, -0.15) is 0 Å². The molecule has 0 bridgehead atoms. The number of aliphatic hydroxyl groups is 1. The Balaban J connectivity index is 1.83. The molecule has 1 N–H and O–H groups in total. The smallest absolute Gasteiger partial charge is 0.119 e. The Morgan fingerprint density at radius 3 is 1.94 bits per heavy atom. The van der Waals surface area contributed by atoms with Crippen molar-refractivity contribution in [2.24, 2.45) is 0 Å². The minimum absolute atomic E-state index is 0.469. The zero-order valence-electron chi connectivity index (χ0n) is 18.6. The third kappa shape index (κ3) is 6.10. The third-order valence-electron chi connectivity index (χ3n) is 5.80. The molecule has 164 valence electrons. The molecule has 0 aromatic heterocycles. The summed E-state index contributed by atoms with van der Waals surface area (Å²) in [7, 11) is 0. The summed E-state index contributed by atoms with van der Waals surface area (Å²) in [6, 6.07) is 23.5. The molecular formula is C27H32ClNO2. The maximum atomic E-state index is 11.9. The molecule has 0 amide bonds. The van der Waals surface area contributed by atoms with Crippen molar-refractivity contribution in [2.75, 3.05) is 26.2 Å². The zero-order chi connectivity index (χ0) is 22.3. The van der Waals surface area contributed by atoms with Gasteiger partial charge >= 0.3 is 0 Å². The Morgan fingerprint density at radius 1 is 0.839 bits per heavy atom. The summed E-state index contributed by atoms with van der Waals surface area (Å²) < 4.78 is 5.92. The highest BCUT2D eigenvalue weighted by Crippen LogP contribution is 2.35. The second-order valence-electron chi connectivity index (χ2n) is 7.93. The molecule has 0 aliphatic carbocycles. The standard InChI is InChI=1S/C27H32ClNO2/c1-4-29(5-2)18-19-31-26-16-12-24(13-17-26)27(30,23-10-14-25(28)15-11-23)20-22-8-6-21(3)7-9-22/h6-17,30H,4-5,18-20H2,1-3H3. The highest BCUT2D eigenvalue weighted by Gasteiger charge is 2.32. The molecule has 0 aliphatic rings. The number of ether oxygens (including phenoxy) is 1. The van der Waals surface area contributed by atoms with E-state index in [2.05, 4.69) is 49.9 Å². The van der Waals surface area contributed by atoms with Gasteiger partial charge in [-0.25, -0.2) is 0 Å². The summed E-state index contributed by atoms with van der Waals surface area (Å²) >= 11 is 6.10. The maximum Gasteiger partial charge on any atom is 0.119 e. The molecule has 0 heterocycles. The molecule has 3 aromatic carbocycles. The first-order chi connectivity index (χ1) is 14.9. The molecule has 0 aliphatic heterocycles. The van der Waals surface area contributed by atoms with Crippen LogP contribution in [0.2, 0.25) is 5.02 Å². The van der Waals surface area contributed by atoms with Crippen molar-refractivity contribution in [1.82, 2.24) is 4.90 Å². The molecule has 1 atom stereocenters. The van der Waals surface area contributed by atoms with E-state index in [0.717, 1.165) is 42.1 Å². The van der Waals surface area contributed by atoms with Crippen molar-refractivity contribution in [3.8, 4) is 5.75 Å². The van der Waals surface area contributed by atoms with Gasteiger partial charge in [-0.15, -0.1) is 0 Å². The summed E-state index contributed by atoms with van der Waals surface area (Å²) in [4.78, 5) is 2.33. The second-order valence-corrected chi connectivity index (χ2v) is 8.37. The topological polar surface area (TPSA) is 32.7 Å². The van der Waals surface area contributed by atoms with Crippen LogP contribution in [-0.2, 0) is 12.0 Å². The third-order valence-corrected chi connectivity index (χ3v) is 6.06. The predicted molar refractivity (Wildman–Crippen MR) is 129 cm³/mol. The van der Waals surface area contributed by atoms with E-state index in [4.69, 9.17) is 16.3 Å². The van der Waals surface area contributed by atoms with Gasteiger partial charge in [0.25, 0.3) is 0 Å². The van der Waals surface area contributed by atoms with Crippen molar-refractivity contribution >= 4 is 11.6 Å². The Hall–Kier alpha value is -2.33. The lowest BCUT2D eigenvalue weighted by atomic mass is 9.81. The number of rotatable bonds is 10. The largest absolute Gasteiger partial charge is 0.492 e. The van der Waals surface area contributed by atoms with Gasteiger partial charge in [0.05, 0.1) is 0 Å². The van der Waals surface area contributed by atoms with Crippen LogP contribution in [-0.4, -0.2) is 36.2 Å². The van der Waals surface area contributed by atoms with Gasteiger partial charge in [0.15, 0.2) is 0 Å². The molecule has 31 heavy (non-hydrogen) atoms. The van der Waals surface area contributed by atoms with Crippen molar-refractivity contribution in [3.05, 3.63) is 100 Å². The van der Waals surface area contributed by atoms with Gasteiger partial charge in [0.2, 0.25) is 0 Å². The lowest BCUT2D eigenvalue weighted by Gasteiger charge is -2.30. The molecule has 4 heteroatoms. The highest BCUT2D eigenvalue weighted by molar-refractivity contribution is 6.30. The SMILES string of the molecule is CCN(CC)CCOc1ccc(C(O)(Cc2ccc(C)cc2)c2ccc(Cl)cc2)cc1. The monoisotopic (exact) mass is 437 g/mol. The number of benzene rings is 3. The average molecular weight is 438 g/mol. The van der Waals surface area contributed by atoms with Crippen LogP contribution in [0.25, 0.3) is 0 Å². The quantitative estimate of drug-likeness (QED) is 0.432. The van der Waals surface area contributed by atoms with E-state index in [1.807, 2.05) is 48.5 Å². The van der Waals surface area contributed by atoms with Crippen LogP contribution < -0.4 is 4.74 Å². The van der Waals surface area contributed by atoms with E-state index in [1.165, 1.54) is 5.56 Å². The predicted octanol–water partition coefficient (Wildman–Crippen LogP) is 5.85. The van der Waals surface area contributed by atoms with Crippen LogP contribution in [0.4, 0.5) is 0 Å². The van der Waals surface area contributed by atoms with Gasteiger partial charge in [-0.1, -0.05) is 79.5 Å². The molecule has 3 aromatic rings. The fourth-order valence-corrected chi connectivity index (χ4v) is 3.88. The Bertz CT molecular complexity index is 934. The Kier molecular flexibility index (Phi) is 8.14. The molecule has 0 saturated heterocycles. The van der Waals surface area contributed by atoms with E-state index in [0.29, 0.717) is 18.1 Å². The van der Waals surface area contributed by atoms with E-state index in [1.54, 1.807) is 0 Å². The molecular weight excluding hydrogens is 406 g/mol. The molecule has 0 fully saturated rings. The molecule has 0 saturated carbocycles. The Labute approximate surface area is 191 Å². The zero-order valence-corrected chi connectivity index (χ0v) is 19.4. The summed E-state index contributed by atoms with van der Waals surface area (Å²) in [5.74, 6) is 0.810. The lowest BCUT2D eigenvalue weighted by molar-refractivity contribution is 0.0810. The van der Waals surface area contributed by atoms with Gasteiger partial charge < -0.3 is 14.7 Å². The number of halogens is 1. The average Bonchev–Trinajstić information content (AvgIpc) is 2.79. The van der Waals surface area contributed by atoms with E-state index in [9.17, 15) is 5.11 Å². The first kappa shape index (κ1) is 23.3. The summed E-state index contributed by atoms with van der Waals surface area (Å²) in [6.07, 6.45) is 0.469. The number of aryl methyl sites for hydroxylation is 1. The van der Waals surface area contributed by atoms with Gasteiger partial charge in [-0.05, 0) is 61.0 Å².